The maximum absolute atomic E-state index is 12.4. The summed E-state index contributed by atoms with van der Waals surface area (Å²) in [5.74, 6) is -0.189. The Morgan fingerprint density at radius 1 is 1.23 bits per heavy atom. The number of carboxylic acid groups (broad SMARTS) is 1. The summed E-state index contributed by atoms with van der Waals surface area (Å²) in [6.45, 7) is 2.45. The molecule has 1 aromatic heterocycles. The van der Waals surface area contributed by atoms with Crippen LogP contribution in [0.15, 0.2) is 41.2 Å². The SMILES string of the molecule is CCOc1ccccc1-c1ccc(CCC(=O)O)c(=O)n1C. The van der Waals surface area contributed by atoms with Crippen LogP contribution < -0.4 is 10.3 Å². The van der Waals surface area contributed by atoms with Crippen molar-refractivity contribution >= 4 is 5.97 Å². The first-order valence-electron chi connectivity index (χ1n) is 7.17. The van der Waals surface area contributed by atoms with Gasteiger partial charge in [0.1, 0.15) is 5.75 Å². The first kappa shape index (κ1) is 15.8. The Morgan fingerprint density at radius 2 is 1.95 bits per heavy atom. The number of benzene rings is 1. The number of aryl methyl sites for hydroxylation is 1. The zero-order valence-electron chi connectivity index (χ0n) is 12.7. The molecule has 0 amide bonds. The number of hydrogen-bond acceptors (Lipinski definition) is 3. The van der Waals surface area contributed by atoms with Crippen LogP contribution in [0.3, 0.4) is 0 Å². The van der Waals surface area contributed by atoms with E-state index in [-0.39, 0.29) is 18.4 Å². The van der Waals surface area contributed by atoms with Crippen molar-refractivity contribution in [3.8, 4) is 17.0 Å². The van der Waals surface area contributed by atoms with E-state index in [0.717, 1.165) is 17.0 Å². The normalized spacial score (nSPS) is 10.5. The molecule has 2 aromatic rings. The summed E-state index contributed by atoms with van der Waals surface area (Å²) in [6.07, 6.45) is 0.180. The van der Waals surface area contributed by atoms with E-state index in [1.165, 1.54) is 4.57 Å². The van der Waals surface area contributed by atoms with Gasteiger partial charge in [0.15, 0.2) is 0 Å². The van der Waals surface area contributed by atoms with E-state index in [2.05, 4.69) is 0 Å². The van der Waals surface area contributed by atoms with Gasteiger partial charge in [0, 0.05) is 24.6 Å². The predicted octanol–water partition coefficient (Wildman–Crippen LogP) is 2.47. The smallest absolute Gasteiger partial charge is 0.303 e. The Labute approximate surface area is 128 Å². The van der Waals surface area contributed by atoms with Gasteiger partial charge in [-0.05, 0) is 31.5 Å². The monoisotopic (exact) mass is 301 g/mol. The largest absolute Gasteiger partial charge is 0.493 e. The molecule has 1 N–H and O–H groups in total. The van der Waals surface area contributed by atoms with Crippen molar-refractivity contribution in [3.05, 3.63) is 52.3 Å². The van der Waals surface area contributed by atoms with Crippen LogP contribution in [0.1, 0.15) is 18.9 Å². The van der Waals surface area contributed by atoms with Crippen LogP contribution in [-0.4, -0.2) is 22.2 Å². The summed E-state index contributed by atoms with van der Waals surface area (Å²) in [6, 6.07) is 11.1. The van der Waals surface area contributed by atoms with E-state index in [9.17, 15) is 9.59 Å². The quantitative estimate of drug-likeness (QED) is 0.890. The van der Waals surface area contributed by atoms with Crippen molar-refractivity contribution in [2.45, 2.75) is 19.8 Å². The summed E-state index contributed by atoms with van der Waals surface area (Å²) in [7, 11) is 1.69. The Bertz CT molecular complexity index is 734. The van der Waals surface area contributed by atoms with Crippen LogP contribution in [0.4, 0.5) is 0 Å². The molecular weight excluding hydrogens is 282 g/mol. The average Bonchev–Trinajstić information content (AvgIpc) is 2.50. The third-order valence-corrected chi connectivity index (χ3v) is 3.45. The van der Waals surface area contributed by atoms with Crippen LogP contribution in [0, 0.1) is 0 Å². The highest BCUT2D eigenvalue weighted by Crippen LogP contribution is 2.28. The third-order valence-electron chi connectivity index (χ3n) is 3.45. The Balaban J connectivity index is 2.44. The van der Waals surface area contributed by atoms with Gasteiger partial charge in [0.05, 0.1) is 12.3 Å². The fourth-order valence-electron chi connectivity index (χ4n) is 2.35. The van der Waals surface area contributed by atoms with E-state index in [0.29, 0.717) is 12.2 Å². The molecule has 2 rings (SSSR count). The zero-order valence-corrected chi connectivity index (χ0v) is 12.7. The fourth-order valence-corrected chi connectivity index (χ4v) is 2.35. The van der Waals surface area contributed by atoms with Gasteiger partial charge < -0.3 is 14.4 Å². The fraction of sp³-hybridized carbons (Fsp3) is 0.294. The summed E-state index contributed by atoms with van der Waals surface area (Å²) < 4.78 is 7.14. The molecule has 5 nitrogen and oxygen atoms in total. The highest BCUT2D eigenvalue weighted by Gasteiger charge is 2.12. The first-order chi connectivity index (χ1) is 10.5. The molecule has 0 atom stereocenters. The van der Waals surface area contributed by atoms with Gasteiger partial charge in [0.2, 0.25) is 0 Å². The van der Waals surface area contributed by atoms with Gasteiger partial charge in [-0.25, -0.2) is 0 Å². The molecule has 0 bridgehead atoms. The Kier molecular flexibility index (Phi) is 4.99. The number of para-hydroxylation sites is 1. The second-order valence-corrected chi connectivity index (χ2v) is 4.93. The molecular formula is C17H19NO4. The van der Waals surface area contributed by atoms with Crippen molar-refractivity contribution in [1.29, 1.82) is 0 Å². The lowest BCUT2D eigenvalue weighted by molar-refractivity contribution is -0.136. The molecule has 22 heavy (non-hydrogen) atoms. The highest BCUT2D eigenvalue weighted by molar-refractivity contribution is 5.68. The second kappa shape index (κ2) is 6.93. The van der Waals surface area contributed by atoms with Gasteiger partial charge >= 0.3 is 5.97 Å². The molecule has 0 saturated heterocycles. The predicted molar refractivity (Wildman–Crippen MR) is 84.2 cm³/mol. The molecule has 0 aliphatic carbocycles. The summed E-state index contributed by atoms with van der Waals surface area (Å²) in [4.78, 5) is 23.0. The molecule has 0 fully saturated rings. The molecule has 0 spiro atoms. The summed E-state index contributed by atoms with van der Waals surface area (Å²) in [5.41, 5.74) is 1.91. The van der Waals surface area contributed by atoms with Crippen LogP contribution in [0.25, 0.3) is 11.3 Å². The van der Waals surface area contributed by atoms with E-state index < -0.39 is 5.97 Å². The number of ether oxygens (including phenoxy) is 1. The highest BCUT2D eigenvalue weighted by atomic mass is 16.5. The molecule has 5 heteroatoms. The summed E-state index contributed by atoms with van der Waals surface area (Å²) in [5, 5.41) is 8.74. The van der Waals surface area contributed by atoms with E-state index >= 15 is 0 Å². The molecule has 116 valence electrons. The van der Waals surface area contributed by atoms with Gasteiger partial charge in [-0.3, -0.25) is 9.59 Å². The number of carbonyl (C=O) groups is 1. The van der Waals surface area contributed by atoms with Gasteiger partial charge in [-0.15, -0.1) is 0 Å². The maximum Gasteiger partial charge on any atom is 0.303 e. The lowest BCUT2D eigenvalue weighted by Gasteiger charge is -2.14. The number of nitrogens with zero attached hydrogens (tertiary/aromatic N) is 1. The molecule has 0 radical (unpaired) electrons. The van der Waals surface area contributed by atoms with Crippen LogP contribution in [0.2, 0.25) is 0 Å². The van der Waals surface area contributed by atoms with Gasteiger partial charge in [-0.2, -0.15) is 0 Å². The maximum atomic E-state index is 12.4. The lowest BCUT2D eigenvalue weighted by atomic mass is 10.1. The number of pyridine rings is 1. The van der Waals surface area contributed by atoms with Crippen LogP contribution in [0.5, 0.6) is 5.75 Å². The van der Waals surface area contributed by atoms with Crippen molar-refractivity contribution < 1.29 is 14.6 Å². The van der Waals surface area contributed by atoms with Crippen molar-refractivity contribution in [2.75, 3.05) is 6.61 Å². The molecule has 1 aromatic carbocycles. The van der Waals surface area contributed by atoms with Crippen molar-refractivity contribution in [2.24, 2.45) is 7.05 Å². The third kappa shape index (κ3) is 3.36. The Morgan fingerprint density at radius 3 is 2.64 bits per heavy atom. The topological polar surface area (TPSA) is 68.5 Å². The molecule has 0 saturated carbocycles. The van der Waals surface area contributed by atoms with Crippen LogP contribution in [-0.2, 0) is 18.3 Å². The number of aromatic nitrogens is 1. The van der Waals surface area contributed by atoms with E-state index in [1.807, 2.05) is 37.3 Å². The molecule has 0 unspecified atom stereocenters. The van der Waals surface area contributed by atoms with E-state index in [4.69, 9.17) is 9.84 Å². The van der Waals surface area contributed by atoms with Crippen LogP contribution >= 0.6 is 0 Å². The number of carboxylic acids is 1. The zero-order chi connectivity index (χ0) is 16.1. The minimum Gasteiger partial charge on any atom is -0.493 e. The minimum atomic E-state index is -0.909. The summed E-state index contributed by atoms with van der Waals surface area (Å²) >= 11 is 0. The first-order valence-corrected chi connectivity index (χ1v) is 7.17. The lowest BCUT2D eigenvalue weighted by Crippen LogP contribution is -2.23. The van der Waals surface area contributed by atoms with E-state index in [1.54, 1.807) is 13.1 Å². The number of hydrogen-bond donors (Lipinski definition) is 1. The minimum absolute atomic E-state index is 0.0515. The Hall–Kier alpha value is -2.56. The number of aliphatic carboxylic acids is 1. The van der Waals surface area contributed by atoms with Gasteiger partial charge in [-0.1, -0.05) is 18.2 Å². The molecule has 0 aliphatic rings. The molecule has 0 aliphatic heterocycles. The van der Waals surface area contributed by atoms with Crippen molar-refractivity contribution in [1.82, 2.24) is 4.57 Å². The second-order valence-electron chi connectivity index (χ2n) is 4.93. The van der Waals surface area contributed by atoms with Gasteiger partial charge in [0.25, 0.3) is 5.56 Å². The molecule has 1 heterocycles. The van der Waals surface area contributed by atoms with Crippen molar-refractivity contribution in [3.63, 3.8) is 0 Å². The number of rotatable bonds is 6. The average molecular weight is 301 g/mol. The standard InChI is InChI=1S/C17H19NO4/c1-3-22-15-7-5-4-6-13(15)14-10-8-12(9-11-16(19)20)17(21)18(14)2/h4-8,10H,3,9,11H2,1-2H3,(H,19,20).